The van der Waals surface area contributed by atoms with Gasteiger partial charge >= 0.3 is 0 Å². The van der Waals surface area contributed by atoms with Crippen LogP contribution in [0, 0.1) is 6.92 Å². The minimum absolute atomic E-state index is 0.00941. The maximum Gasteiger partial charge on any atom is 0.259 e. The fourth-order valence-electron chi connectivity index (χ4n) is 4.73. The quantitative estimate of drug-likeness (QED) is 0.342. The van der Waals surface area contributed by atoms with Crippen LogP contribution in [0.4, 0.5) is 0 Å². The van der Waals surface area contributed by atoms with Crippen molar-refractivity contribution in [3.8, 4) is 0 Å². The molecule has 172 valence electrons. The lowest BCUT2D eigenvalue weighted by Gasteiger charge is -2.30. The fourth-order valence-corrected chi connectivity index (χ4v) is 4.98. The Kier molecular flexibility index (Phi) is 6.55. The number of halogens is 2. The van der Waals surface area contributed by atoms with E-state index in [9.17, 15) is 4.79 Å². The number of hydrogen-bond acceptors (Lipinski definition) is 3. The molecule has 1 aromatic heterocycles. The molecule has 0 aliphatic carbocycles. The molecule has 0 fully saturated rings. The molecule has 0 N–H and O–H groups in total. The van der Waals surface area contributed by atoms with Crippen molar-refractivity contribution in [2.45, 2.75) is 32.5 Å². The number of hydrogen-bond donors (Lipinski definition) is 0. The van der Waals surface area contributed by atoms with Gasteiger partial charge in [0.1, 0.15) is 5.82 Å². The highest BCUT2D eigenvalue weighted by Crippen LogP contribution is 2.29. The number of nitrogens with zero attached hydrogens (tertiary/aromatic N) is 3. The van der Waals surface area contributed by atoms with Crippen LogP contribution in [0.5, 0.6) is 0 Å². The van der Waals surface area contributed by atoms with Gasteiger partial charge in [0.05, 0.1) is 17.3 Å². The highest BCUT2D eigenvalue weighted by Gasteiger charge is 2.27. The molecule has 34 heavy (non-hydrogen) atoms. The number of benzene rings is 3. The van der Waals surface area contributed by atoms with Crippen molar-refractivity contribution in [3.05, 3.63) is 133 Å². The van der Waals surface area contributed by atoms with E-state index < -0.39 is 0 Å². The topological polar surface area (TPSA) is 38.1 Å². The van der Waals surface area contributed by atoms with Gasteiger partial charge in [0, 0.05) is 36.1 Å². The Labute approximate surface area is 209 Å². The fraction of sp³-hybridized carbons (Fsp3) is 0.214. The Morgan fingerprint density at radius 3 is 2.06 bits per heavy atom. The SMILES string of the molecule is Cc1nc2c(c(=O)n1C(c1ccc(Cl)cc1)c1ccc(Cl)cc1)CN(Cc1ccccc1)CC2. The van der Waals surface area contributed by atoms with Crippen molar-refractivity contribution in [2.75, 3.05) is 6.54 Å². The van der Waals surface area contributed by atoms with Gasteiger partial charge in [-0.05, 0) is 47.9 Å². The Hall–Kier alpha value is -2.92. The van der Waals surface area contributed by atoms with Crippen LogP contribution < -0.4 is 5.56 Å². The molecular weight excluding hydrogens is 465 g/mol. The predicted molar refractivity (Wildman–Crippen MR) is 138 cm³/mol. The van der Waals surface area contributed by atoms with E-state index in [4.69, 9.17) is 28.2 Å². The summed E-state index contributed by atoms with van der Waals surface area (Å²) in [4.78, 5) is 21.2. The van der Waals surface area contributed by atoms with Crippen molar-refractivity contribution in [2.24, 2.45) is 0 Å². The monoisotopic (exact) mass is 489 g/mol. The van der Waals surface area contributed by atoms with E-state index in [0.717, 1.165) is 41.9 Å². The summed E-state index contributed by atoms with van der Waals surface area (Å²) in [5.74, 6) is 0.704. The summed E-state index contributed by atoms with van der Waals surface area (Å²) >= 11 is 12.3. The molecule has 6 heteroatoms. The largest absolute Gasteiger partial charge is 0.294 e. The van der Waals surface area contributed by atoms with Crippen LogP contribution in [0.2, 0.25) is 10.0 Å². The number of rotatable bonds is 5. The van der Waals surface area contributed by atoms with Crippen molar-refractivity contribution in [3.63, 3.8) is 0 Å². The third-order valence-electron chi connectivity index (χ3n) is 6.40. The van der Waals surface area contributed by atoms with Gasteiger partial charge in [-0.2, -0.15) is 0 Å². The first-order valence-electron chi connectivity index (χ1n) is 11.4. The van der Waals surface area contributed by atoms with Gasteiger partial charge in [0.25, 0.3) is 5.56 Å². The lowest BCUT2D eigenvalue weighted by molar-refractivity contribution is 0.240. The third-order valence-corrected chi connectivity index (χ3v) is 6.90. The summed E-state index contributed by atoms with van der Waals surface area (Å²) in [7, 11) is 0. The maximum atomic E-state index is 14.0. The molecule has 0 radical (unpaired) electrons. The van der Waals surface area contributed by atoms with E-state index in [1.807, 2.05) is 78.2 Å². The number of aryl methyl sites for hydroxylation is 1. The molecule has 1 aliphatic rings. The van der Waals surface area contributed by atoms with E-state index in [1.165, 1.54) is 5.56 Å². The first-order chi connectivity index (χ1) is 16.5. The molecule has 0 saturated heterocycles. The maximum absolute atomic E-state index is 14.0. The molecule has 5 rings (SSSR count). The molecule has 0 unspecified atom stereocenters. The van der Waals surface area contributed by atoms with Crippen LogP contribution in [0.15, 0.2) is 83.7 Å². The van der Waals surface area contributed by atoms with Gasteiger partial charge in [-0.1, -0.05) is 77.8 Å². The second kappa shape index (κ2) is 9.75. The van der Waals surface area contributed by atoms with Gasteiger partial charge in [-0.15, -0.1) is 0 Å². The van der Waals surface area contributed by atoms with Gasteiger partial charge in [0.2, 0.25) is 0 Å². The Bertz CT molecular complexity index is 1300. The van der Waals surface area contributed by atoms with Crippen molar-refractivity contribution in [1.82, 2.24) is 14.5 Å². The number of aromatic nitrogens is 2. The van der Waals surface area contributed by atoms with Gasteiger partial charge in [-0.3, -0.25) is 14.3 Å². The summed E-state index contributed by atoms with van der Waals surface area (Å²) in [5, 5.41) is 1.31. The summed E-state index contributed by atoms with van der Waals surface area (Å²) in [5.41, 5.74) is 4.88. The van der Waals surface area contributed by atoms with E-state index in [0.29, 0.717) is 22.4 Å². The first kappa shape index (κ1) is 22.9. The van der Waals surface area contributed by atoms with Crippen LogP contribution in [-0.4, -0.2) is 21.0 Å². The van der Waals surface area contributed by atoms with Crippen LogP contribution in [0.25, 0.3) is 0 Å². The smallest absolute Gasteiger partial charge is 0.259 e. The summed E-state index contributed by atoms with van der Waals surface area (Å²) in [6, 6.07) is 25.3. The zero-order valence-corrected chi connectivity index (χ0v) is 20.4. The van der Waals surface area contributed by atoms with E-state index in [-0.39, 0.29) is 11.6 Å². The molecule has 2 heterocycles. The van der Waals surface area contributed by atoms with E-state index in [1.54, 1.807) is 0 Å². The molecule has 4 nitrogen and oxygen atoms in total. The van der Waals surface area contributed by atoms with E-state index >= 15 is 0 Å². The normalized spacial score (nSPS) is 13.8. The molecule has 0 spiro atoms. The highest BCUT2D eigenvalue weighted by molar-refractivity contribution is 6.30. The van der Waals surface area contributed by atoms with Crippen LogP contribution in [0.1, 0.15) is 39.8 Å². The standard InChI is InChI=1S/C28H25Cl2N3O/c1-19-31-26-15-16-32(17-20-5-3-2-4-6-20)18-25(26)28(34)33(19)27(21-7-11-23(29)12-8-21)22-9-13-24(30)14-10-22/h2-14,27H,15-18H2,1H3. The number of fused-ring (bicyclic) bond motifs is 1. The zero-order chi connectivity index (χ0) is 23.7. The molecule has 4 aromatic rings. The van der Waals surface area contributed by atoms with Crippen molar-refractivity contribution >= 4 is 23.2 Å². The Morgan fingerprint density at radius 2 is 1.47 bits per heavy atom. The lowest BCUT2D eigenvalue weighted by Crippen LogP contribution is -2.40. The first-order valence-corrected chi connectivity index (χ1v) is 12.1. The van der Waals surface area contributed by atoms with Crippen LogP contribution >= 0.6 is 23.2 Å². The van der Waals surface area contributed by atoms with Crippen molar-refractivity contribution in [1.29, 1.82) is 0 Å². The highest BCUT2D eigenvalue weighted by atomic mass is 35.5. The second-order valence-electron chi connectivity index (χ2n) is 8.71. The van der Waals surface area contributed by atoms with Crippen LogP contribution in [-0.2, 0) is 19.5 Å². The molecule has 0 bridgehead atoms. The van der Waals surface area contributed by atoms with Gasteiger partial charge in [0.15, 0.2) is 0 Å². The molecule has 1 aliphatic heterocycles. The van der Waals surface area contributed by atoms with E-state index in [2.05, 4.69) is 17.0 Å². The Balaban J connectivity index is 1.59. The molecule has 3 aromatic carbocycles. The molecule has 0 saturated carbocycles. The minimum atomic E-state index is -0.329. The minimum Gasteiger partial charge on any atom is -0.294 e. The Morgan fingerprint density at radius 1 is 0.882 bits per heavy atom. The molecular formula is C28H25Cl2N3O. The summed E-state index contributed by atoms with van der Waals surface area (Å²) in [6.45, 7) is 4.20. The second-order valence-corrected chi connectivity index (χ2v) is 9.58. The van der Waals surface area contributed by atoms with Crippen molar-refractivity contribution < 1.29 is 0 Å². The van der Waals surface area contributed by atoms with Gasteiger partial charge < -0.3 is 0 Å². The summed E-state index contributed by atoms with van der Waals surface area (Å²) in [6.07, 6.45) is 0.769. The molecule has 0 amide bonds. The average molecular weight is 490 g/mol. The third kappa shape index (κ3) is 4.67. The van der Waals surface area contributed by atoms with Gasteiger partial charge in [-0.25, -0.2) is 4.98 Å². The predicted octanol–water partition coefficient (Wildman–Crippen LogP) is 6.05. The average Bonchev–Trinajstić information content (AvgIpc) is 2.84. The molecule has 0 atom stereocenters. The van der Waals surface area contributed by atoms with Crippen LogP contribution in [0.3, 0.4) is 0 Å². The lowest BCUT2D eigenvalue weighted by atomic mass is 9.97. The summed E-state index contributed by atoms with van der Waals surface area (Å²) < 4.78 is 1.82. The zero-order valence-electron chi connectivity index (χ0n) is 18.9.